The van der Waals surface area contributed by atoms with Gasteiger partial charge in [-0.1, -0.05) is 0 Å². The highest BCUT2D eigenvalue weighted by Crippen LogP contribution is 2.19. The van der Waals surface area contributed by atoms with Crippen LogP contribution in [0.1, 0.15) is 12.8 Å². The zero-order chi connectivity index (χ0) is 7.52. The van der Waals surface area contributed by atoms with E-state index in [-0.39, 0.29) is 6.29 Å². The normalized spacial score (nSPS) is 34.4. The first-order valence-electron chi connectivity index (χ1n) is 4.41. The molecule has 3 nitrogen and oxygen atoms in total. The van der Waals surface area contributed by atoms with Crippen molar-refractivity contribution in [1.82, 2.24) is 5.32 Å². The van der Waals surface area contributed by atoms with Gasteiger partial charge in [-0.3, -0.25) is 0 Å². The van der Waals surface area contributed by atoms with Gasteiger partial charge >= 0.3 is 0 Å². The van der Waals surface area contributed by atoms with E-state index in [1.54, 1.807) is 0 Å². The van der Waals surface area contributed by atoms with E-state index in [0.29, 0.717) is 5.92 Å². The molecule has 2 rings (SSSR count). The molecule has 0 saturated carbocycles. The minimum absolute atomic E-state index is 0.0822. The molecule has 2 fully saturated rings. The van der Waals surface area contributed by atoms with Crippen molar-refractivity contribution in [3.05, 3.63) is 0 Å². The molecule has 2 aliphatic heterocycles. The molecular formula is C8H15NO2. The zero-order valence-electron chi connectivity index (χ0n) is 6.71. The maximum absolute atomic E-state index is 5.50. The molecule has 2 saturated heterocycles. The van der Waals surface area contributed by atoms with Crippen LogP contribution >= 0.6 is 0 Å². The smallest absolute Gasteiger partial charge is 0.161 e. The zero-order valence-corrected chi connectivity index (χ0v) is 6.71. The molecular weight excluding hydrogens is 142 g/mol. The summed E-state index contributed by atoms with van der Waals surface area (Å²) in [6, 6.07) is 0. The Morgan fingerprint density at radius 1 is 1.18 bits per heavy atom. The first-order chi connectivity index (χ1) is 5.47. The van der Waals surface area contributed by atoms with Gasteiger partial charge in [0.1, 0.15) is 0 Å². The Labute approximate surface area is 67.1 Å². The molecule has 3 heteroatoms. The van der Waals surface area contributed by atoms with E-state index in [0.717, 1.165) is 32.7 Å². The summed E-state index contributed by atoms with van der Waals surface area (Å²) in [6.45, 7) is 3.93. The molecule has 2 heterocycles. The van der Waals surface area contributed by atoms with Gasteiger partial charge in [-0.2, -0.15) is 0 Å². The summed E-state index contributed by atoms with van der Waals surface area (Å²) >= 11 is 0. The first-order valence-corrected chi connectivity index (χ1v) is 4.41. The fourth-order valence-corrected chi connectivity index (χ4v) is 1.69. The minimum atomic E-state index is 0.0822. The summed E-state index contributed by atoms with van der Waals surface area (Å²) in [5.74, 6) is 0.593. The van der Waals surface area contributed by atoms with Gasteiger partial charge in [0.25, 0.3) is 0 Å². The van der Waals surface area contributed by atoms with E-state index < -0.39 is 0 Å². The second-order valence-corrected chi connectivity index (χ2v) is 3.22. The Kier molecular flexibility index (Phi) is 2.41. The molecule has 0 amide bonds. The lowest BCUT2D eigenvalue weighted by atomic mass is 10.1. The van der Waals surface area contributed by atoms with Crippen LogP contribution in [0.4, 0.5) is 0 Å². The van der Waals surface area contributed by atoms with Gasteiger partial charge in [0.05, 0.1) is 13.2 Å². The van der Waals surface area contributed by atoms with Gasteiger partial charge in [-0.05, 0) is 19.4 Å². The van der Waals surface area contributed by atoms with Gasteiger partial charge in [0, 0.05) is 12.5 Å². The molecule has 0 aromatic rings. The third kappa shape index (κ3) is 1.72. The van der Waals surface area contributed by atoms with Crippen LogP contribution in [0.3, 0.4) is 0 Å². The molecule has 0 bridgehead atoms. The lowest BCUT2D eigenvalue weighted by Gasteiger charge is -2.27. The maximum Gasteiger partial charge on any atom is 0.161 e. The van der Waals surface area contributed by atoms with Gasteiger partial charge in [0.15, 0.2) is 6.29 Å². The molecule has 0 spiro atoms. The van der Waals surface area contributed by atoms with Crippen LogP contribution in [0.2, 0.25) is 0 Å². The van der Waals surface area contributed by atoms with E-state index in [4.69, 9.17) is 9.47 Å². The van der Waals surface area contributed by atoms with Crippen molar-refractivity contribution in [3.8, 4) is 0 Å². The molecule has 0 aliphatic carbocycles. The highest BCUT2D eigenvalue weighted by molar-refractivity contribution is 4.75. The van der Waals surface area contributed by atoms with Gasteiger partial charge in [0.2, 0.25) is 0 Å². The highest BCUT2D eigenvalue weighted by atomic mass is 16.7. The lowest BCUT2D eigenvalue weighted by Crippen LogP contribution is -2.33. The number of hydrogen-bond acceptors (Lipinski definition) is 3. The predicted molar refractivity (Wildman–Crippen MR) is 41.3 cm³/mol. The quantitative estimate of drug-likeness (QED) is 0.596. The topological polar surface area (TPSA) is 30.5 Å². The molecule has 1 N–H and O–H groups in total. The second kappa shape index (κ2) is 3.52. The summed E-state index contributed by atoms with van der Waals surface area (Å²) < 4.78 is 11.0. The van der Waals surface area contributed by atoms with Gasteiger partial charge < -0.3 is 14.8 Å². The van der Waals surface area contributed by atoms with Crippen LogP contribution < -0.4 is 5.32 Å². The van der Waals surface area contributed by atoms with E-state index in [2.05, 4.69) is 5.32 Å². The third-order valence-corrected chi connectivity index (χ3v) is 2.34. The molecule has 64 valence electrons. The van der Waals surface area contributed by atoms with E-state index in [9.17, 15) is 0 Å². The SMILES string of the molecule is C1COC(C2CCNC2)OC1. The van der Waals surface area contributed by atoms with Crippen LogP contribution in [0.5, 0.6) is 0 Å². The third-order valence-electron chi connectivity index (χ3n) is 2.34. The number of hydrogen-bond donors (Lipinski definition) is 1. The Balaban J connectivity index is 1.82. The Hall–Kier alpha value is -0.120. The number of nitrogens with one attached hydrogen (secondary N) is 1. The summed E-state index contributed by atoms with van der Waals surface area (Å²) in [4.78, 5) is 0. The van der Waals surface area contributed by atoms with Gasteiger partial charge in [-0.15, -0.1) is 0 Å². The van der Waals surface area contributed by atoms with Crippen LogP contribution in [-0.2, 0) is 9.47 Å². The molecule has 1 atom stereocenters. The average molecular weight is 157 g/mol. The number of ether oxygens (including phenoxy) is 2. The fourth-order valence-electron chi connectivity index (χ4n) is 1.69. The molecule has 1 unspecified atom stereocenters. The van der Waals surface area contributed by atoms with E-state index >= 15 is 0 Å². The van der Waals surface area contributed by atoms with Crippen molar-refractivity contribution in [1.29, 1.82) is 0 Å². The van der Waals surface area contributed by atoms with Crippen molar-refractivity contribution in [2.45, 2.75) is 19.1 Å². The second-order valence-electron chi connectivity index (χ2n) is 3.22. The summed E-state index contributed by atoms with van der Waals surface area (Å²) in [7, 11) is 0. The Bertz CT molecular complexity index is 117. The summed E-state index contributed by atoms with van der Waals surface area (Å²) in [6.07, 6.45) is 2.33. The molecule has 2 aliphatic rings. The molecule has 0 aromatic carbocycles. The predicted octanol–water partition coefficient (Wildman–Crippen LogP) is 0.359. The standard InChI is InChI=1S/C8H15NO2/c1-4-10-8(11-5-1)7-2-3-9-6-7/h7-9H,1-6H2. The van der Waals surface area contributed by atoms with Crippen molar-refractivity contribution >= 4 is 0 Å². The first kappa shape index (κ1) is 7.53. The van der Waals surface area contributed by atoms with E-state index in [1.807, 2.05) is 0 Å². The summed E-state index contributed by atoms with van der Waals surface area (Å²) in [5, 5.41) is 3.31. The van der Waals surface area contributed by atoms with Crippen LogP contribution in [0, 0.1) is 5.92 Å². The average Bonchev–Trinajstić information content (AvgIpc) is 2.58. The monoisotopic (exact) mass is 157 g/mol. The number of rotatable bonds is 1. The fraction of sp³-hybridized carbons (Fsp3) is 1.00. The van der Waals surface area contributed by atoms with Crippen molar-refractivity contribution in [2.24, 2.45) is 5.92 Å². The largest absolute Gasteiger partial charge is 0.352 e. The maximum atomic E-state index is 5.50. The highest BCUT2D eigenvalue weighted by Gasteiger charge is 2.27. The minimum Gasteiger partial charge on any atom is -0.352 e. The molecule has 11 heavy (non-hydrogen) atoms. The van der Waals surface area contributed by atoms with E-state index in [1.165, 1.54) is 6.42 Å². The Morgan fingerprint density at radius 3 is 2.64 bits per heavy atom. The van der Waals surface area contributed by atoms with Crippen molar-refractivity contribution in [2.75, 3.05) is 26.3 Å². The van der Waals surface area contributed by atoms with Crippen LogP contribution in [0.25, 0.3) is 0 Å². The molecule has 0 aromatic heterocycles. The van der Waals surface area contributed by atoms with Crippen molar-refractivity contribution < 1.29 is 9.47 Å². The molecule has 0 radical (unpaired) electrons. The lowest BCUT2D eigenvalue weighted by molar-refractivity contribution is -0.201. The summed E-state index contributed by atoms with van der Waals surface area (Å²) in [5.41, 5.74) is 0. The van der Waals surface area contributed by atoms with Crippen LogP contribution in [-0.4, -0.2) is 32.6 Å². The van der Waals surface area contributed by atoms with Crippen LogP contribution in [0.15, 0.2) is 0 Å². The van der Waals surface area contributed by atoms with Crippen molar-refractivity contribution in [3.63, 3.8) is 0 Å². The Morgan fingerprint density at radius 2 is 2.00 bits per heavy atom. The van der Waals surface area contributed by atoms with Gasteiger partial charge in [-0.25, -0.2) is 0 Å².